The molecular formula is C14H12N4O+2. The Hall–Kier alpha value is -2.76. The Morgan fingerprint density at radius 1 is 0.684 bits per heavy atom. The number of benzene rings is 2. The van der Waals surface area contributed by atoms with Crippen molar-refractivity contribution in [2.75, 3.05) is 0 Å². The van der Waals surface area contributed by atoms with Crippen LogP contribution in [0.2, 0.25) is 0 Å². The fraction of sp³-hybridized carbons (Fsp3) is 0.143. The van der Waals surface area contributed by atoms with E-state index in [9.17, 15) is 0 Å². The molecule has 2 aromatic carbocycles. The van der Waals surface area contributed by atoms with E-state index in [0.29, 0.717) is 24.6 Å². The van der Waals surface area contributed by atoms with Gasteiger partial charge in [0.2, 0.25) is 10.8 Å². The molecule has 0 saturated carbocycles. The Balaban J connectivity index is 1.85. The zero-order valence-electron chi connectivity index (χ0n) is 10.2. The van der Waals surface area contributed by atoms with Gasteiger partial charge in [-0.05, 0) is 35.4 Å². The van der Waals surface area contributed by atoms with Crippen LogP contribution in [0.1, 0.15) is 11.1 Å². The molecule has 19 heavy (non-hydrogen) atoms. The van der Waals surface area contributed by atoms with E-state index in [0.717, 1.165) is 11.1 Å². The van der Waals surface area contributed by atoms with Gasteiger partial charge >= 0.3 is 11.4 Å². The highest BCUT2D eigenvalue weighted by atomic mass is 16.5. The highest BCUT2D eigenvalue weighted by Gasteiger charge is 2.04. The molecule has 0 heterocycles. The first kappa shape index (κ1) is 12.7. The summed E-state index contributed by atoms with van der Waals surface area (Å²) in [4.78, 5) is 6.17. The average Bonchev–Trinajstić information content (AvgIpc) is 2.49. The van der Waals surface area contributed by atoms with Crippen LogP contribution in [-0.2, 0) is 18.0 Å². The molecule has 0 aliphatic carbocycles. The minimum absolute atomic E-state index is 0.484. The number of diazo groups is 2. The van der Waals surface area contributed by atoms with E-state index in [2.05, 4.69) is 9.95 Å². The predicted octanol–water partition coefficient (Wildman–Crippen LogP) is 4.37. The SMILES string of the molecule is N#[N+]c1ccc(COCc2ccc([N+]#N)cc2)cc1. The second kappa shape index (κ2) is 6.25. The summed E-state index contributed by atoms with van der Waals surface area (Å²) in [6.45, 7) is 0.968. The quantitative estimate of drug-likeness (QED) is 0.758. The van der Waals surface area contributed by atoms with E-state index >= 15 is 0 Å². The fourth-order valence-corrected chi connectivity index (χ4v) is 1.60. The van der Waals surface area contributed by atoms with Gasteiger partial charge in [0, 0.05) is 24.3 Å². The third kappa shape index (κ3) is 3.60. The van der Waals surface area contributed by atoms with E-state index in [1.807, 2.05) is 24.3 Å². The molecule has 0 amide bonds. The van der Waals surface area contributed by atoms with E-state index in [1.165, 1.54) is 0 Å². The molecule has 0 saturated heterocycles. The van der Waals surface area contributed by atoms with Crippen molar-refractivity contribution >= 4 is 11.4 Å². The molecule has 5 nitrogen and oxygen atoms in total. The Bertz CT molecular complexity index is 563. The van der Waals surface area contributed by atoms with Crippen molar-refractivity contribution in [3.8, 4) is 0 Å². The van der Waals surface area contributed by atoms with E-state index in [4.69, 9.17) is 15.5 Å². The molecule has 92 valence electrons. The van der Waals surface area contributed by atoms with Crippen molar-refractivity contribution in [2.24, 2.45) is 0 Å². The molecule has 0 N–H and O–H groups in total. The van der Waals surface area contributed by atoms with Crippen LogP contribution < -0.4 is 0 Å². The van der Waals surface area contributed by atoms with Gasteiger partial charge in [0.05, 0.1) is 13.2 Å². The van der Waals surface area contributed by atoms with Crippen LogP contribution in [0.25, 0.3) is 9.95 Å². The second-order valence-corrected chi connectivity index (χ2v) is 4.03. The van der Waals surface area contributed by atoms with Crippen LogP contribution in [0.3, 0.4) is 0 Å². The van der Waals surface area contributed by atoms with Gasteiger partial charge in [-0.2, -0.15) is 0 Å². The molecule has 0 aliphatic rings. The summed E-state index contributed by atoms with van der Waals surface area (Å²) in [5.74, 6) is 0. The van der Waals surface area contributed by atoms with Crippen molar-refractivity contribution < 1.29 is 4.74 Å². The Morgan fingerprint density at radius 3 is 1.37 bits per heavy atom. The van der Waals surface area contributed by atoms with Crippen LogP contribution in [0.4, 0.5) is 11.4 Å². The minimum Gasteiger partial charge on any atom is -0.372 e. The molecule has 0 fully saturated rings. The highest BCUT2D eigenvalue weighted by molar-refractivity contribution is 5.45. The first-order chi connectivity index (χ1) is 9.31. The maximum Gasteiger partial charge on any atom is 0.385 e. The number of nitrogens with zero attached hydrogens (tertiary/aromatic N) is 4. The smallest absolute Gasteiger partial charge is 0.372 e. The van der Waals surface area contributed by atoms with Crippen LogP contribution in [0.15, 0.2) is 48.5 Å². The molecule has 0 radical (unpaired) electrons. The van der Waals surface area contributed by atoms with Crippen molar-refractivity contribution in [3.05, 3.63) is 69.6 Å². The summed E-state index contributed by atoms with van der Waals surface area (Å²) < 4.78 is 5.57. The maximum absolute atomic E-state index is 8.56. The second-order valence-electron chi connectivity index (χ2n) is 4.03. The highest BCUT2D eigenvalue weighted by Crippen LogP contribution is 2.15. The molecule has 2 aromatic rings. The Labute approximate surface area is 110 Å². The van der Waals surface area contributed by atoms with Gasteiger partial charge in [-0.15, -0.1) is 0 Å². The first-order valence-corrected chi connectivity index (χ1v) is 5.77. The molecule has 0 atom stereocenters. The average molecular weight is 252 g/mol. The molecule has 0 bridgehead atoms. The van der Waals surface area contributed by atoms with Crippen molar-refractivity contribution in [2.45, 2.75) is 13.2 Å². The van der Waals surface area contributed by atoms with Gasteiger partial charge in [-0.1, -0.05) is 0 Å². The summed E-state index contributed by atoms with van der Waals surface area (Å²) in [6.07, 6.45) is 0. The Kier molecular flexibility index (Phi) is 4.17. The van der Waals surface area contributed by atoms with E-state index in [1.54, 1.807) is 24.3 Å². The van der Waals surface area contributed by atoms with Crippen LogP contribution in [-0.4, -0.2) is 0 Å². The zero-order chi connectivity index (χ0) is 13.5. The molecule has 0 spiro atoms. The molecule has 0 aliphatic heterocycles. The lowest BCUT2D eigenvalue weighted by atomic mass is 10.2. The summed E-state index contributed by atoms with van der Waals surface area (Å²) in [6, 6.07) is 14.3. The van der Waals surface area contributed by atoms with Gasteiger partial charge in [-0.25, -0.2) is 0 Å². The topological polar surface area (TPSA) is 65.5 Å². The lowest BCUT2D eigenvalue weighted by Crippen LogP contribution is -1.93. The van der Waals surface area contributed by atoms with Gasteiger partial charge in [0.1, 0.15) is 0 Å². The van der Waals surface area contributed by atoms with Gasteiger partial charge in [-0.3, -0.25) is 0 Å². The summed E-state index contributed by atoms with van der Waals surface area (Å²) in [5.41, 5.74) is 3.06. The maximum atomic E-state index is 8.56. The molecular weight excluding hydrogens is 240 g/mol. The van der Waals surface area contributed by atoms with Crippen molar-refractivity contribution in [3.63, 3.8) is 0 Å². The monoisotopic (exact) mass is 252 g/mol. The van der Waals surface area contributed by atoms with Crippen molar-refractivity contribution in [1.29, 1.82) is 10.8 Å². The van der Waals surface area contributed by atoms with Crippen molar-refractivity contribution in [1.82, 2.24) is 0 Å². The van der Waals surface area contributed by atoms with Crippen LogP contribution in [0, 0.1) is 10.8 Å². The lowest BCUT2D eigenvalue weighted by Gasteiger charge is -2.03. The Morgan fingerprint density at radius 2 is 1.05 bits per heavy atom. The number of hydrogen-bond acceptors (Lipinski definition) is 3. The van der Waals surface area contributed by atoms with Gasteiger partial charge in [0.25, 0.3) is 0 Å². The van der Waals surface area contributed by atoms with E-state index < -0.39 is 0 Å². The molecule has 5 heteroatoms. The largest absolute Gasteiger partial charge is 0.385 e. The molecule has 0 unspecified atom stereocenters. The fourth-order valence-electron chi connectivity index (χ4n) is 1.60. The molecule has 0 aromatic heterocycles. The number of hydrogen-bond donors (Lipinski definition) is 0. The zero-order valence-corrected chi connectivity index (χ0v) is 10.2. The summed E-state index contributed by atoms with van der Waals surface area (Å²) >= 11 is 0. The standard InChI is InChI=1S/C14H12N4O/c15-17-13-5-1-11(2-6-13)9-19-10-12-3-7-14(18-16)8-4-12/h1-8H,9-10H2/q+2. The van der Waals surface area contributed by atoms with Crippen LogP contribution in [0.5, 0.6) is 0 Å². The summed E-state index contributed by atoms with van der Waals surface area (Å²) in [5, 5.41) is 17.1. The first-order valence-electron chi connectivity index (χ1n) is 5.77. The third-order valence-electron chi connectivity index (χ3n) is 2.64. The number of ether oxygens (including phenoxy) is 1. The third-order valence-corrected chi connectivity index (χ3v) is 2.64. The van der Waals surface area contributed by atoms with Gasteiger partial charge < -0.3 is 4.74 Å². The minimum atomic E-state index is 0.484. The molecule has 2 rings (SSSR count). The summed E-state index contributed by atoms with van der Waals surface area (Å²) in [7, 11) is 0. The van der Waals surface area contributed by atoms with E-state index in [-0.39, 0.29) is 0 Å². The number of rotatable bonds is 4. The normalized spacial score (nSPS) is 9.58. The predicted molar refractivity (Wildman–Crippen MR) is 70.9 cm³/mol. The van der Waals surface area contributed by atoms with Crippen LogP contribution >= 0.6 is 0 Å². The lowest BCUT2D eigenvalue weighted by molar-refractivity contribution is 0.107. The van der Waals surface area contributed by atoms with Gasteiger partial charge in [0.15, 0.2) is 9.95 Å².